The van der Waals surface area contributed by atoms with E-state index in [0.717, 1.165) is 31.1 Å². The second kappa shape index (κ2) is 4.47. The van der Waals surface area contributed by atoms with E-state index in [-0.39, 0.29) is 5.54 Å². The van der Waals surface area contributed by atoms with Gasteiger partial charge in [0, 0.05) is 13.1 Å². The molecule has 3 nitrogen and oxygen atoms in total. The van der Waals surface area contributed by atoms with Crippen LogP contribution in [0.5, 0.6) is 0 Å². The zero-order valence-corrected chi connectivity index (χ0v) is 11.1. The van der Waals surface area contributed by atoms with Gasteiger partial charge >= 0.3 is 0 Å². The molecule has 2 heterocycles. The van der Waals surface area contributed by atoms with E-state index in [9.17, 15) is 0 Å². The molecule has 2 aliphatic rings. The lowest BCUT2D eigenvalue weighted by molar-refractivity contribution is 0.235. The molecule has 0 aromatic rings. The van der Waals surface area contributed by atoms with Crippen molar-refractivity contribution in [2.24, 2.45) is 9.98 Å². The molecule has 0 bridgehead atoms. The van der Waals surface area contributed by atoms with Crippen molar-refractivity contribution in [2.45, 2.75) is 18.4 Å². The summed E-state index contributed by atoms with van der Waals surface area (Å²) >= 11 is 3.42. The maximum Gasteiger partial charge on any atom is 0.184 e. The molecule has 1 spiro atoms. The Morgan fingerprint density at radius 1 is 1.20 bits per heavy atom. The molecular formula is C10H17N3S2. The third kappa shape index (κ3) is 2.10. The predicted molar refractivity (Wildman–Crippen MR) is 71.4 cm³/mol. The highest BCUT2D eigenvalue weighted by molar-refractivity contribution is 8.15. The summed E-state index contributed by atoms with van der Waals surface area (Å²) in [5.41, 5.74) is 0.0320. The quantitative estimate of drug-likeness (QED) is 0.651. The van der Waals surface area contributed by atoms with Crippen molar-refractivity contribution in [1.82, 2.24) is 4.90 Å². The average molecular weight is 243 g/mol. The normalized spacial score (nSPS) is 25.5. The molecule has 0 amide bonds. The van der Waals surface area contributed by atoms with Gasteiger partial charge < -0.3 is 4.90 Å². The predicted octanol–water partition coefficient (Wildman–Crippen LogP) is 1.94. The van der Waals surface area contributed by atoms with Crippen molar-refractivity contribution in [1.29, 1.82) is 0 Å². The number of piperidine rings is 1. The van der Waals surface area contributed by atoms with E-state index >= 15 is 0 Å². The zero-order chi connectivity index (χ0) is 10.9. The van der Waals surface area contributed by atoms with E-state index in [4.69, 9.17) is 4.99 Å². The van der Waals surface area contributed by atoms with Crippen LogP contribution in [-0.2, 0) is 0 Å². The minimum atomic E-state index is 0.0320. The number of rotatable bonds is 0. The van der Waals surface area contributed by atoms with Crippen LogP contribution in [0.15, 0.2) is 9.98 Å². The third-order valence-electron chi connectivity index (χ3n) is 3.10. The van der Waals surface area contributed by atoms with Crippen LogP contribution in [0.2, 0.25) is 0 Å². The fourth-order valence-electron chi connectivity index (χ4n) is 2.09. The Kier molecular flexibility index (Phi) is 3.42. The van der Waals surface area contributed by atoms with Gasteiger partial charge in [0.05, 0.1) is 0 Å². The molecule has 84 valence electrons. The van der Waals surface area contributed by atoms with E-state index in [0.29, 0.717) is 0 Å². The molecule has 1 fully saturated rings. The van der Waals surface area contributed by atoms with Crippen molar-refractivity contribution < 1.29 is 0 Å². The number of hydrogen-bond donors (Lipinski definition) is 0. The minimum Gasteiger partial charge on any atom is -0.306 e. The largest absolute Gasteiger partial charge is 0.306 e. The van der Waals surface area contributed by atoms with Crippen LogP contribution in [0.1, 0.15) is 12.8 Å². The summed E-state index contributed by atoms with van der Waals surface area (Å²) in [4.78, 5) is 11.8. The van der Waals surface area contributed by atoms with Crippen molar-refractivity contribution in [2.75, 3.05) is 32.6 Å². The summed E-state index contributed by atoms with van der Waals surface area (Å²) in [5.74, 6) is 0. The molecule has 1 saturated heterocycles. The Morgan fingerprint density at radius 2 is 1.87 bits per heavy atom. The van der Waals surface area contributed by atoms with E-state index in [1.54, 1.807) is 23.5 Å². The molecular weight excluding hydrogens is 226 g/mol. The SMILES string of the molecule is CSC1=NC2(CCN(C)CC2)C(SC)=N1. The molecule has 0 aromatic carbocycles. The molecule has 0 radical (unpaired) electrons. The summed E-state index contributed by atoms with van der Waals surface area (Å²) < 4.78 is 0. The van der Waals surface area contributed by atoms with E-state index < -0.39 is 0 Å². The lowest BCUT2D eigenvalue weighted by atomic mass is 9.90. The Morgan fingerprint density at radius 3 is 2.40 bits per heavy atom. The first-order valence-electron chi connectivity index (χ1n) is 5.16. The molecule has 0 aromatic heterocycles. The molecule has 2 rings (SSSR count). The van der Waals surface area contributed by atoms with Gasteiger partial charge in [-0.2, -0.15) is 0 Å². The van der Waals surface area contributed by atoms with Gasteiger partial charge in [-0.15, -0.1) is 11.8 Å². The summed E-state index contributed by atoms with van der Waals surface area (Å²) in [6, 6.07) is 0. The molecule has 0 atom stereocenters. The highest BCUT2D eigenvalue weighted by atomic mass is 32.2. The Labute approximate surface area is 99.8 Å². The van der Waals surface area contributed by atoms with Crippen LogP contribution < -0.4 is 0 Å². The standard InChI is InChI=1S/C10H17N3S2/c1-13-6-4-10(5-7-13)8(14-2)11-9(12-10)15-3/h4-7H2,1-3H3. The summed E-state index contributed by atoms with van der Waals surface area (Å²) in [6.07, 6.45) is 6.40. The summed E-state index contributed by atoms with van der Waals surface area (Å²) in [7, 11) is 2.18. The van der Waals surface area contributed by atoms with Crippen molar-refractivity contribution in [3.8, 4) is 0 Å². The van der Waals surface area contributed by atoms with E-state index in [2.05, 4.69) is 23.2 Å². The summed E-state index contributed by atoms with van der Waals surface area (Å²) in [5, 5.41) is 2.18. The maximum absolute atomic E-state index is 4.81. The molecule has 2 aliphatic heterocycles. The van der Waals surface area contributed by atoms with Crippen molar-refractivity contribution >= 4 is 33.7 Å². The first-order valence-corrected chi connectivity index (χ1v) is 7.61. The Bertz CT molecular complexity index is 304. The molecule has 5 heteroatoms. The highest BCUT2D eigenvalue weighted by Gasteiger charge is 2.41. The maximum atomic E-state index is 4.81. The number of nitrogens with zero attached hydrogens (tertiary/aromatic N) is 3. The van der Waals surface area contributed by atoms with Gasteiger partial charge in [-0.3, -0.25) is 0 Å². The van der Waals surface area contributed by atoms with Gasteiger partial charge in [0.1, 0.15) is 10.6 Å². The first kappa shape index (κ1) is 11.5. The van der Waals surface area contributed by atoms with Crippen LogP contribution >= 0.6 is 23.5 Å². The first-order chi connectivity index (χ1) is 7.20. The van der Waals surface area contributed by atoms with Gasteiger partial charge in [0.2, 0.25) is 0 Å². The fourth-order valence-corrected chi connectivity index (χ4v) is 3.40. The second-order valence-corrected chi connectivity index (χ2v) is 5.62. The highest BCUT2D eigenvalue weighted by Crippen LogP contribution is 2.36. The zero-order valence-electron chi connectivity index (χ0n) is 9.49. The summed E-state index contributed by atoms with van der Waals surface area (Å²) in [6.45, 7) is 2.26. The van der Waals surface area contributed by atoms with Crippen LogP contribution in [0.4, 0.5) is 0 Å². The lowest BCUT2D eigenvalue weighted by Gasteiger charge is -2.35. The number of likely N-dealkylation sites (tertiary alicyclic amines) is 1. The van der Waals surface area contributed by atoms with Gasteiger partial charge in [0.25, 0.3) is 0 Å². The molecule has 0 unspecified atom stereocenters. The monoisotopic (exact) mass is 243 g/mol. The Hall–Kier alpha value is -0.0000000000000000833. The molecule has 0 saturated carbocycles. The smallest absolute Gasteiger partial charge is 0.184 e. The molecule has 0 aliphatic carbocycles. The molecule has 0 N–H and O–H groups in total. The minimum absolute atomic E-state index is 0.0320. The lowest BCUT2D eigenvalue weighted by Crippen LogP contribution is -2.44. The Balaban J connectivity index is 2.20. The van der Waals surface area contributed by atoms with Crippen LogP contribution in [0.3, 0.4) is 0 Å². The van der Waals surface area contributed by atoms with E-state index in [1.165, 1.54) is 5.04 Å². The molecule has 15 heavy (non-hydrogen) atoms. The third-order valence-corrected chi connectivity index (χ3v) is 4.50. The van der Waals surface area contributed by atoms with Gasteiger partial charge in [-0.25, -0.2) is 9.98 Å². The average Bonchev–Trinajstić information content (AvgIpc) is 2.61. The van der Waals surface area contributed by atoms with Gasteiger partial charge in [-0.1, -0.05) is 11.8 Å². The number of amidine groups is 1. The number of hydrogen-bond acceptors (Lipinski definition) is 5. The van der Waals surface area contributed by atoms with Gasteiger partial charge in [-0.05, 0) is 32.4 Å². The van der Waals surface area contributed by atoms with E-state index in [1.807, 2.05) is 6.26 Å². The second-order valence-electron chi connectivity index (χ2n) is 4.05. The van der Waals surface area contributed by atoms with Crippen LogP contribution in [-0.4, -0.2) is 53.3 Å². The fraction of sp³-hybridized carbons (Fsp3) is 0.800. The van der Waals surface area contributed by atoms with Gasteiger partial charge in [0.15, 0.2) is 5.17 Å². The number of aliphatic imine (C=N–C) groups is 2. The van der Waals surface area contributed by atoms with Crippen molar-refractivity contribution in [3.05, 3.63) is 0 Å². The van der Waals surface area contributed by atoms with Crippen LogP contribution in [0.25, 0.3) is 0 Å². The van der Waals surface area contributed by atoms with Crippen molar-refractivity contribution in [3.63, 3.8) is 0 Å². The number of thioether (sulfide) groups is 2. The topological polar surface area (TPSA) is 28.0 Å². The van der Waals surface area contributed by atoms with Crippen LogP contribution in [0, 0.1) is 0 Å².